The molecule has 1 aliphatic rings. The Kier molecular flexibility index (Phi) is 4.73. The van der Waals surface area contributed by atoms with Gasteiger partial charge >= 0.3 is 0 Å². The van der Waals surface area contributed by atoms with E-state index in [0.717, 1.165) is 23.9 Å². The molecular formula is C17H18F2N2OS. The number of nitrogens with zero attached hydrogens (tertiary/aromatic N) is 1. The van der Waals surface area contributed by atoms with E-state index < -0.39 is 11.6 Å². The summed E-state index contributed by atoms with van der Waals surface area (Å²) in [6, 6.07) is 7.55. The van der Waals surface area contributed by atoms with Gasteiger partial charge in [-0.05, 0) is 42.6 Å². The third-order valence-electron chi connectivity index (χ3n) is 4.20. The maximum atomic E-state index is 13.5. The van der Waals surface area contributed by atoms with Crippen LogP contribution < -0.4 is 5.32 Å². The number of halogens is 2. The van der Waals surface area contributed by atoms with Gasteiger partial charge in [0, 0.05) is 17.5 Å². The molecule has 0 unspecified atom stereocenters. The lowest BCUT2D eigenvalue weighted by Crippen LogP contribution is -2.39. The van der Waals surface area contributed by atoms with Crippen molar-refractivity contribution in [3.8, 4) is 0 Å². The van der Waals surface area contributed by atoms with Gasteiger partial charge in [-0.25, -0.2) is 8.78 Å². The molecule has 1 aromatic carbocycles. The van der Waals surface area contributed by atoms with E-state index in [2.05, 4.69) is 10.2 Å². The third kappa shape index (κ3) is 3.59. The molecule has 1 amide bonds. The zero-order valence-corrected chi connectivity index (χ0v) is 13.6. The summed E-state index contributed by atoms with van der Waals surface area (Å²) >= 11 is 1.55. The molecule has 0 spiro atoms. The molecule has 2 heterocycles. The van der Waals surface area contributed by atoms with Crippen molar-refractivity contribution in [2.24, 2.45) is 0 Å². The molecule has 1 aliphatic heterocycles. The van der Waals surface area contributed by atoms with E-state index in [1.807, 2.05) is 24.6 Å². The maximum absolute atomic E-state index is 13.5. The second-order valence-electron chi connectivity index (χ2n) is 5.82. The number of carbonyl (C=O) groups excluding carboxylic acids is 1. The first-order valence-corrected chi connectivity index (χ1v) is 8.39. The van der Waals surface area contributed by atoms with Gasteiger partial charge in [-0.15, -0.1) is 11.3 Å². The summed E-state index contributed by atoms with van der Waals surface area (Å²) in [6.45, 7) is 0.799. The van der Waals surface area contributed by atoms with Gasteiger partial charge in [0.1, 0.15) is 0 Å². The van der Waals surface area contributed by atoms with Crippen molar-refractivity contribution < 1.29 is 13.6 Å². The molecule has 122 valence electrons. The minimum atomic E-state index is -0.855. The second kappa shape index (κ2) is 6.76. The number of amides is 1. The van der Waals surface area contributed by atoms with Crippen LogP contribution in [0.1, 0.15) is 22.9 Å². The van der Waals surface area contributed by atoms with Crippen LogP contribution in [0, 0.1) is 11.6 Å². The zero-order chi connectivity index (χ0) is 16.4. The predicted molar refractivity (Wildman–Crippen MR) is 86.3 cm³/mol. The normalized spacial score (nSPS) is 21.5. The number of rotatable bonds is 4. The minimum absolute atomic E-state index is 0.0414. The number of benzene rings is 1. The molecule has 23 heavy (non-hydrogen) atoms. The lowest BCUT2D eigenvalue weighted by Gasteiger charge is -2.26. The van der Waals surface area contributed by atoms with Gasteiger partial charge in [0.05, 0.1) is 12.5 Å². The number of nitrogens with one attached hydrogen (secondary N) is 1. The highest BCUT2D eigenvalue weighted by atomic mass is 32.1. The molecule has 1 fully saturated rings. The van der Waals surface area contributed by atoms with Gasteiger partial charge in [-0.1, -0.05) is 12.1 Å². The van der Waals surface area contributed by atoms with E-state index in [4.69, 9.17) is 0 Å². The van der Waals surface area contributed by atoms with Crippen molar-refractivity contribution in [1.82, 2.24) is 10.2 Å². The monoisotopic (exact) mass is 336 g/mol. The van der Waals surface area contributed by atoms with Crippen LogP contribution >= 0.6 is 11.3 Å². The summed E-state index contributed by atoms with van der Waals surface area (Å²) < 4.78 is 26.7. The fraction of sp³-hybridized carbons (Fsp3) is 0.353. The number of thiophene rings is 1. The summed E-state index contributed by atoms with van der Waals surface area (Å²) in [6.07, 6.45) is 1.14. The maximum Gasteiger partial charge on any atom is 0.225 e. The summed E-state index contributed by atoms with van der Waals surface area (Å²) in [5.74, 6) is -1.75. The fourth-order valence-corrected chi connectivity index (χ4v) is 3.81. The Bertz CT molecular complexity index is 690. The molecule has 1 N–H and O–H groups in total. The number of hydrogen-bond acceptors (Lipinski definition) is 3. The largest absolute Gasteiger partial charge is 0.351 e. The first-order valence-electron chi connectivity index (χ1n) is 7.51. The van der Waals surface area contributed by atoms with Gasteiger partial charge < -0.3 is 5.32 Å². The van der Waals surface area contributed by atoms with Crippen molar-refractivity contribution in [2.75, 3.05) is 13.6 Å². The standard InChI is InChI=1S/C17H18F2N2OS/c1-21-7-6-15(20-16(22)10-12-3-2-8-23-12)17(21)11-4-5-13(18)14(19)9-11/h2-5,8-9,15,17H,6-7,10H2,1H3,(H,20,22)/t15-,17-/m1/s1. The molecule has 0 radical (unpaired) electrons. The summed E-state index contributed by atoms with van der Waals surface area (Å²) in [7, 11) is 1.93. The van der Waals surface area contributed by atoms with Crippen molar-refractivity contribution in [1.29, 1.82) is 0 Å². The van der Waals surface area contributed by atoms with Gasteiger partial charge in [-0.2, -0.15) is 0 Å². The second-order valence-corrected chi connectivity index (χ2v) is 6.85. The third-order valence-corrected chi connectivity index (χ3v) is 5.07. The van der Waals surface area contributed by atoms with Crippen molar-refractivity contribution >= 4 is 17.2 Å². The molecule has 0 bridgehead atoms. The highest BCUT2D eigenvalue weighted by molar-refractivity contribution is 7.10. The van der Waals surface area contributed by atoms with Crippen molar-refractivity contribution in [3.63, 3.8) is 0 Å². The fourth-order valence-electron chi connectivity index (χ4n) is 3.11. The summed E-state index contributed by atoms with van der Waals surface area (Å²) in [5, 5.41) is 4.98. The van der Waals surface area contributed by atoms with Crippen molar-refractivity contribution in [2.45, 2.75) is 24.9 Å². The first-order chi connectivity index (χ1) is 11.0. The lowest BCUT2D eigenvalue weighted by atomic mass is 9.99. The number of carbonyl (C=O) groups is 1. The molecule has 0 saturated carbocycles. The highest BCUT2D eigenvalue weighted by Gasteiger charge is 2.34. The van der Waals surface area contributed by atoms with E-state index in [9.17, 15) is 13.6 Å². The van der Waals surface area contributed by atoms with E-state index in [-0.39, 0.29) is 18.0 Å². The summed E-state index contributed by atoms with van der Waals surface area (Å²) in [5.41, 5.74) is 0.685. The topological polar surface area (TPSA) is 32.3 Å². The smallest absolute Gasteiger partial charge is 0.225 e. The van der Waals surface area contributed by atoms with E-state index in [1.54, 1.807) is 17.4 Å². The average molecular weight is 336 g/mol. The number of hydrogen-bond donors (Lipinski definition) is 1. The van der Waals surface area contributed by atoms with Crippen LogP contribution in [0.4, 0.5) is 8.78 Å². The Balaban J connectivity index is 1.73. The molecular weight excluding hydrogens is 318 g/mol. The van der Waals surface area contributed by atoms with Crippen LogP contribution in [-0.2, 0) is 11.2 Å². The van der Waals surface area contributed by atoms with Crippen LogP contribution in [0.3, 0.4) is 0 Å². The first kappa shape index (κ1) is 16.1. The minimum Gasteiger partial charge on any atom is -0.351 e. The lowest BCUT2D eigenvalue weighted by molar-refractivity contribution is -0.121. The van der Waals surface area contributed by atoms with Crippen LogP contribution in [0.25, 0.3) is 0 Å². The Morgan fingerprint density at radius 1 is 1.35 bits per heavy atom. The number of likely N-dealkylation sites (N-methyl/N-ethyl adjacent to an activating group) is 1. The van der Waals surface area contributed by atoms with E-state index >= 15 is 0 Å². The Labute approximate surface area is 137 Å². The molecule has 3 nitrogen and oxygen atoms in total. The predicted octanol–water partition coefficient (Wildman–Crippen LogP) is 3.13. The Morgan fingerprint density at radius 2 is 2.17 bits per heavy atom. The van der Waals surface area contributed by atoms with E-state index in [1.165, 1.54) is 6.07 Å². The van der Waals surface area contributed by atoms with Gasteiger partial charge in [-0.3, -0.25) is 9.69 Å². The molecule has 1 aromatic heterocycles. The molecule has 2 atom stereocenters. The van der Waals surface area contributed by atoms with Crippen molar-refractivity contribution in [3.05, 3.63) is 57.8 Å². The highest BCUT2D eigenvalue weighted by Crippen LogP contribution is 2.31. The number of likely N-dealkylation sites (tertiary alicyclic amines) is 1. The van der Waals surface area contributed by atoms with Gasteiger partial charge in [0.15, 0.2) is 11.6 Å². The molecule has 6 heteroatoms. The molecule has 3 rings (SSSR count). The van der Waals surface area contributed by atoms with Gasteiger partial charge in [0.25, 0.3) is 0 Å². The average Bonchev–Trinajstić information content (AvgIpc) is 3.12. The summed E-state index contributed by atoms with van der Waals surface area (Å²) in [4.78, 5) is 15.3. The quantitative estimate of drug-likeness (QED) is 0.930. The zero-order valence-electron chi connectivity index (χ0n) is 12.8. The molecule has 2 aromatic rings. The van der Waals surface area contributed by atoms with Crippen LogP contribution in [0.15, 0.2) is 35.7 Å². The van der Waals surface area contributed by atoms with Crippen LogP contribution in [0.5, 0.6) is 0 Å². The van der Waals surface area contributed by atoms with Crippen LogP contribution in [0.2, 0.25) is 0 Å². The Hall–Kier alpha value is -1.79. The SMILES string of the molecule is CN1CC[C@@H](NC(=O)Cc2cccs2)[C@H]1c1ccc(F)c(F)c1. The Morgan fingerprint density at radius 3 is 2.87 bits per heavy atom. The van der Waals surface area contributed by atoms with Gasteiger partial charge in [0.2, 0.25) is 5.91 Å². The molecule has 1 saturated heterocycles. The molecule has 0 aliphatic carbocycles. The van der Waals surface area contributed by atoms with E-state index in [0.29, 0.717) is 12.0 Å². The van der Waals surface area contributed by atoms with Crippen LogP contribution in [-0.4, -0.2) is 30.4 Å².